The molecule has 0 spiro atoms. The Hall–Kier alpha value is -1.36. The van der Waals surface area contributed by atoms with Gasteiger partial charge in [0.15, 0.2) is 0 Å². The Morgan fingerprint density at radius 1 is 1.56 bits per heavy atom. The molecule has 0 radical (unpaired) electrons. The van der Waals surface area contributed by atoms with E-state index in [0.717, 1.165) is 18.6 Å². The number of hydrogen-bond donors (Lipinski definition) is 2. The van der Waals surface area contributed by atoms with Crippen LogP contribution in [-0.4, -0.2) is 23.7 Å². The van der Waals surface area contributed by atoms with E-state index in [9.17, 15) is 4.79 Å². The van der Waals surface area contributed by atoms with Crippen LogP contribution < -0.4 is 11.1 Å². The molecule has 1 aliphatic rings. The Morgan fingerprint density at radius 2 is 2.33 bits per heavy atom. The molecule has 1 heterocycles. The predicted molar refractivity (Wildman–Crippen MR) is 67.9 cm³/mol. The van der Waals surface area contributed by atoms with Gasteiger partial charge in [-0.3, -0.25) is 4.79 Å². The third kappa shape index (κ3) is 3.32. The lowest BCUT2D eigenvalue weighted by molar-refractivity contribution is -0.121. The van der Waals surface area contributed by atoms with Gasteiger partial charge in [0.25, 0.3) is 0 Å². The number of carbonyl (C=O) groups is 1. The average Bonchev–Trinajstić information content (AvgIpc) is 2.75. The van der Waals surface area contributed by atoms with Crippen molar-refractivity contribution in [2.75, 3.05) is 6.54 Å². The van der Waals surface area contributed by atoms with E-state index in [1.165, 1.54) is 12.8 Å². The summed E-state index contributed by atoms with van der Waals surface area (Å²) in [5, 5.41) is 6.90. The molecule has 3 N–H and O–H groups in total. The molecule has 5 heteroatoms. The highest BCUT2D eigenvalue weighted by atomic mass is 16.5. The Labute approximate surface area is 107 Å². The van der Waals surface area contributed by atoms with Gasteiger partial charge in [-0.25, -0.2) is 0 Å². The number of nitrogens with two attached hydrogens (primary N) is 1. The summed E-state index contributed by atoms with van der Waals surface area (Å²) < 4.78 is 4.95. The summed E-state index contributed by atoms with van der Waals surface area (Å²) in [6, 6.07) is 2.02. The molecular weight excluding hydrogens is 230 g/mol. The van der Waals surface area contributed by atoms with Gasteiger partial charge < -0.3 is 15.6 Å². The van der Waals surface area contributed by atoms with Gasteiger partial charge in [-0.2, -0.15) is 0 Å². The molecular formula is C13H21N3O2. The van der Waals surface area contributed by atoms with Crippen molar-refractivity contribution >= 4 is 5.91 Å². The van der Waals surface area contributed by atoms with Crippen LogP contribution in [0.15, 0.2) is 10.6 Å². The maximum atomic E-state index is 11.9. The smallest absolute Gasteiger partial charge is 0.226 e. The van der Waals surface area contributed by atoms with Gasteiger partial charge in [0, 0.05) is 12.1 Å². The van der Waals surface area contributed by atoms with E-state index in [1.807, 2.05) is 6.92 Å². The number of rotatable bonds is 4. The zero-order chi connectivity index (χ0) is 13.0. The minimum Gasteiger partial charge on any atom is -0.361 e. The first kappa shape index (κ1) is 13.1. The van der Waals surface area contributed by atoms with E-state index in [1.54, 1.807) is 6.07 Å². The maximum absolute atomic E-state index is 11.9. The van der Waals surface area contributed by atoms with E-state index in [0.29, 0.717) is 18.2 Å². The van der Waals surface area contributed by atoms with Crippen LogP contribution in [0.1, 0.15) is 37.1 Å². The highest BCUT2D eigenvalue weighted by Crippen LogP contribution is 2.23. The van der Waals surface area contributed by atoms with Crippen molar-refractivity contribution in [2.24, 2.45) is 11.7 Å². The van der Waals surface area contributed by atoms with Crippen LogP contribution in [0.3, 0.4) is 0 Å². The first-order valence-corrected chi connectivity index (χ1v) is 6.60. The standard InChI is InChI=1S/C13H21N3O2/c1-9-6-11(16-18-9)7-13(17)15-12-5-3-2-4-10(12)8-14/h6,10,12H,2-5,7-8,14H2,1H3,(H,15,17). The molecule has 18 heavy (non-hydrogen) atoms. The monoisotopic (exact) mass is 251 g/mol. The van der Waals surface area contributed by atoms with Crippen molar-refractivity contribution in [3.8, 4) is 0 Å². The van der Waals surface area contributed by atoms with Gasteiger partial charge in [0.05, 0.1) is 12.1 Å². The number of carbonyl (C=O) groups excluding carboxylic acids is 1. The Bertz CT molecular complexity index is 403. The summed E-state index contributed by atoms with van der Waals surface area (Å²) >= 11 is 0. The van der Waals surface area contributed by atoms with E-state index in [2.05, 4.69) is 10.5 Å². The van der Waals surface area contributed by atoms with Gasteiger partial charge in [0.2, 0.25) is 5.91 Å². The largest absolute Gasteiger partial charge is 0.361 e. The summed E-state index contributed by atoms with van der Waals surface area (Å²) in [4.78, 5) is 11.9. The summed E-state index contributed by atoms with van der Waals surface area (Å²) in [5.74, 6) is 1.16. The van der Waals surface area contributed by atoms with Gasteiger partial charge in [-0.15, -0.1) is 0 Å². The quantitative estimate of drug-likeness (QED) is 0.841. The molecule has 0 bridgehead atoms. The van der Waals surface area contributed by atoms with Crippen LogP contribution in [-0.2, 0) is 11.2 Å². The third-order valence-electron chi connectivity index (χ3n) is 3.58. The summed E-state index contributed by atoms with van der Waals surface area (Å²) in [6.45, 7) is 2.47. The summed E-state index contributed by atoms with van der Waals surface area (Å²) in [7, 11) is 0. The van der Waals surface area contributed by atoms with Crippen molar-refractivity contribution in [1.29, 1.82) is 0 Å². The van der Waals surface area contributed by atoms with Crippen molar-refractivity contribution in [1.82, 2.24) is 10.5 Å². The molecule has 5 nitrogen and oxygen atoms in total. The van der Waals surface area contributed by atoms with Crippen molar-refractivity contribution in [2.45, 2.75) is 45.1 Å². The van der Waals surface area contributed by atoms with Crippen LogP contribution in [0, 0.1) is 12.8 Å². The number of hydrogen-bond acceptors (Lipinski definition) is 4. The number of aryl methyl sites for hydroxylation is 1. The predicted octanol–water partition coefficient (Wildman–Crippen LogP) is 1.16. The highest BCUT2D eigenvalue weighted by Gasteiger charge is 2.25. The number of nitrogens with zero attached hydrogens (tertiary/aromatic N) is 1. The van der Waals surface area contributed by atoms with Gasteiger partial charge in [-0.05, 0) is 32.2 Å². The molecule has 1 fully saturated rings. The van der Waals surface area contributed by atoms with Crippen molar-refractivity contribution in [3.05, 3.63) is 17.5 Å². The lowest BCUT2D eigenvalue weighted by atomic mass is 9.84. The lowest BCUT2D eigenvalue weighted by Gasteiger charge is -2.31. The molecule has 1 aromatic rings. The minimum absolute atomic E-state index is 0.00801. The number of nitrogens with one attached hydrogen (secondary N) is 1. The maximum Gasteiger partial charge on any atom is 0.226 e. The van der Waals surface area contributed by atoms with E-state index in [4.69, 9.17) is 10.3 Å². The normalized spacial score (nSPS) is 23.9. The first-order chi connectivity index (χ1) is 8.69. The SMILES string of the molecule is Cc1cc(CC(=O)NC2CCCCC2CN)no1. The Kier molecular flexibility index (Phi) is 4.36. The summed E-state index contributed by atoms with van der Waals surface area (Å²) in [6.07, 6.45) is 4.82. The minimum atomic E-state index is 0.00801. The van der Waals surface area contributed by atoms with E-state index >= 15 is 0 Å². The molecule has 2 atom stereocenters. The zero-order valence-electron chi connectivity index (χ0n) is 10.8. The number of aromatic nitrogens is 1. The molecule has 2 rings (SSSR count). The average molecular weight is 251 g/mol. The number of amides is 1. The van der Waals surface area contributed by atoms with Crippen LogP contribution in [0.4, 0.5) is 0 Å². The fraction of sp³-hybridized carbons (Fsp3) is 0.692. The molecule has 0 aromatic carbocycles. The summed E-state index contributed by atoms with van der Waals surface area (Å²) in [5.41, 5.74) is 6.43. The van der Waals surface area contributed by atoms with Crippen molar-refractivity contribution < 1.29 is 9.32 Å². The van der Waals surface area contributed by atoms with Gasteiger partial charge >= 0.3 is 0 Å². The fourth-order valence-corrected chi connectivity index (χ4v) is 2.60. The van der Waals surface area contributed by atoms with Crippen LogP contribution in [0.25, 0.3) is 0 Å². The zero-order valence-corrected chi connectivity index (χ0v) is 10.8. The second-order valence-corrected chi connectivity index (χ2v) is 5.06. The Morgan fingerprint density at radius 3 is 3.00 bits per heavy atom. The second kappa shape index (κ2) is 6.00. The van der Waals surface area contributed by atoms with Gasteiger partial charge in [0.1, 0.15) is 5.76 Å². The van der Waals surface area contributed by atoms with Crippen LogP contribution in [0.5, 0.6) is 0 Å². The van der Waals surface area contributed by atoms with E-state index in [-0.39, 0.29) is 18.4 Å². The van der Waals surface area contributed by atoms with Crippen LogP contribution in [0.2, 0.25) is 0 Å². The highest BCUT2D eigenvalue weighted by molar-refractivity contribution is 5.78. The molecule has 2 unspecified atom stereocenters. The second-order valence-electron chi connectivity index (χ2n) is 5.06. The molecule has 1 amide bonds. The molecule has 0 saturated heterocycles. The molecule has 1 aromatic heterocycles. The molecule has 1 aliphatic carbocycles. The van der Waals surface area contributed by atoms with Crippen molar-refractivity contribution in [3.63, 3.8) is 0 Å². The third-order valence-corrected chi connectivity index (χ3v) is 3.58. The first-order valence-electron chi connectivity index (χ1n) is 6.60. The Balaban J connectivity index is 1.86. The fourth-order valence-electron chi connectivity index (χ4n) is 2.60. The lowest BCUT2D eigenvalue weighted by Crippen LogP contribution is -2.45. The molecule has 100 valence electrons. The topological polar surface area (TPSA) is 81.2 Å². The van der Waals surface area contributed by atoms with Gasteiger partial charge in [-0.1, -0.05) is 18.0 Å². The molecule has 0 aliphatic heterocycles. The molecule has 1 saturated carbocycles. The van der Waals surface area contributed by atoms with Crippen LogP contribution >= 0.6 is 0 Å². The van der Waals surface area contributed by atoms with E-state index < -0.39 is 0 Å².